The quantitative estimate of drug-likeness (QED) is 0.622. The van der Waals surface area contributed by atoms with Crippen LogP contribution in [0.1, 0.15) is 19.3 Å². The van der Waals surface area contributed by atoms with Crippen molar-refractivity contribution in [2.24, 2.45) is 5.73 Å². The summed E-state index contributed by atoms with van der Waals surface area (Å²) < 4.78 is 0. The molecule has 0 aromatic rings. The summed E-state index contributed by atoms with van der Waals surface area (Å²) in [6.07, 6.45) is 4.51. The molecule has 0 radical (unpaired) electrons. The summed E-state index contributed by atoms with van der Waals surface area (Å²) in [5.74, 6) is 0.0393. The largest absolute Gasteiger partial charge is 0.341 e. The van der Waals surface area contributed by atoms with Crippen molar-refractivity contribution in [2.45, 2.75) is 31.3 Å². The number of hydrogen-bond donors (Lipinski definition) is 1. The second kappa shape index (κ2) is 3.72. The standard InChI is InChI=1S/C9H16N2O/c1-3-4-8(10)9(12)11(2)7-5-6-7/h3,7-8H,1,4-6,10H2,2H3. The van der Waals surface area contributed by atoms with Gasteiger partial charge in [0.15, 0.2) is 0 Å². The first kappa shape index (κ1) is 9.26. The Morgan fingerprint density at radius 1 is 1.83 bits per heavy atom. The van der Waals surface area contributed by atoms with E-state index in [4.69, 9.17) is 5.73 Å². The van der Waals surface area contributed by atoms with Crippen molar-refractivity contribution in [1.29, 1.82) is 0 Å². The van der Waals surface area contributed by atoms with E-state index in [-0.39, 0.29) is 5.91 Å². The highest BCUT2D eigenvalue weighted by Crippen LogP contribution is 2.25. The zero-order valence-electron chi connectivity index (χ0n) is 7.49. The van der Waals surface area contributed by atoms with E-state index < -0.39 is 6.04 Å². The Labute approximate surface area is 73.2 Å². The average Bonchev–Trinajstić information content (AvgIpc) is 2.84. The molecular formula is C9H16N2O. The van der Waals surface area contributed by atoms with E-state index in [0.717, 1.165) is 12.8 Å². The predicted octanol–water partition coefficient (Wildman–Crippen LogP) is 0.511. The molecule has 3 nitrogen and oxygen atoms in total. The second-order valence-corrected chi connectivity index (χ2v) is 3.31. The lowest BCUT2D eigenvalue weighted by molar-refractivity contribution is -0.131. The molecule has 1 aliphatic rings. The third-order valence-corrected chi connectivity index (χ3v) is 2.18. The molecule has 1 amide bonds. The Kier molecular flexibility index (Phi) is 2.87. The summed E-state index contributed by atoms with van der Waals surface area (Å²) in [5.41, 5.74) is 5.63. The van der Waals surface area contributed by atoms with Crippen LogP contribution in [0.3, 0.4) is 0 Å². The number of carbonyl (C=O) groups is 1. The molecular weight excluding hydrogens is 152 g/mol. The van der Waals surface area contributed by atoms with Crippen molar-refractivity contribution in [3.8, 4) is 0 Å². The molecule has 1 unspecified atom stereocenters. The third-order valence-electron chi connectivity index (χ3n) is 2.18. The minimum atomic E-state index is -0.395. The maximum absolute atomic E-state index is 11.5. The van der Waals surface area contributed by atoms with Crippen LogP contribution in [-0.2, 0) is 4.79 Å². The topological polar surface area (TPSA) is 46.3 Å². The first-order chi connectivity index (χ1) is 5.66. The highest BCUT2D eigenvalue weighted by Gasteiger charge is 2.31. The zero-order chi connectivity index (χ0) is 9.14. The highest BCUT2D eigenvalue weighted by atomic mass is 16.2. The van der Waals surface area contributed by atoms with Gasteiger partial charge in [0.25, 0.3) is 0 Å². The molecule has 0 aromatic carbocycles. The van der Waals surface area contributed by atoms with Gasteiger partial charge in [0.1, 0.15) is 0 Å². The van der Waals surface area contributed by atoms with E-state index in [1.54, 1.807) is 11.0 Å². The molecule has 68 valence electrons. The summed E-state index contributed by atoms with van der Waals surface area (Å²) in [4.78, 5) is 13.2. The van der Waals surface area contributed by atoms with Gasteiger partial charge in [-0.15, -0.1) is 6.58 Å². The molecule has 1 saturated carbocycles. The maximum Gasteiger partial charge on any atom is 0.239 e. The summed E-state index contributed by atoms with van der Waals surface area (Å²) in [6, 6.07) is 0.0569. The molecule has 1 aliphatic carbocycles. The molecule has 0 saturated heterocycles. The van der Waals surface area contributed by atoms with Crippen LogP contribution < -0.4 is 5.73 Å². The number of hydrogen-bond acceptors (Lipinski definition) is 2. The Morgan fingerprint density at radius 3 is 2.83 bits per heavy atom. The van der Waals surface area contributed by atoms with Crippen LogP contribution in [0.15, 0.2) is 12.7 Å². The molecule has 0 aromatic heterocycles. The van der Waals surface area contributed by atoms with Crippen LogP contribution in [-0.4, -0.2) is 29.9 Å². The molecule has 1 fully saturated rings. The maximum atomic E-state index is 11.5. The third kappa shape index (κ3) is 2.08. The van der Waals surface area contributed by atoms with Gasteiger partial charge in [-0.3, -0.25) is 4.79 Å². The van der Waals surface area contributed by atoms with Crippen LogP contribution in [0.2, 0.25) is 0 Å². The fraction of sp³-hybridized carbons (Fsp3) is 0.667. The lowest BCUT2D eigenvalue weighted by atomic mass is 10.2. The van der Waals surface area contributed by atoms with Crippen molar-refractivity contribution >= 4 is 5.91 Å². The second-order valence-electron chi connectivity index (χ2n) is 3.31. The van der Waals surface area contributed by atoms with Crippen molar-refractivity contribution in [2.75, 3.05) is 7.05 Å². The monoisotopic (exact) mass is 168 g/mol. The van der Waals surface area contributed by atoms with Crippen LogP contribution in [0.4, 0.5) is 0 Å². The van der Waals surface area contributed by atoms with Crippen molar-refractivity contribution in [3.05, 3.63) is 12.7 Å². The van der Waals surface area contributed by atoms with E-state index in [2.05, 4.69) is 6.58 Å². The van der Waals surface area contributed by atoms with Crippen LogP contribution in [0.25, 0.3) is 0 Å². The van der Waals surface area contributed by atoms with Gasteiger partial charge in [0, 0.05) is 13.1 Å². The first-order valence-electron chi connectivity index (χ1n) is 4.30. The van der Waals surface area contributed by atoms with Gasteiger partial charge in [0.05, 0.1) is 6.04 Å². The van der Waals surface area contributed by atoms with Crippen molar-refractivity contribution < 1.29 is 4.79 Å². The lowest BCUT2D eigenvalue weighted by Gasteiger charge is -2.19. The summed E-state index contributed by atoms with van der Waals surface area (Å²) in [6.45, 7) is 3.55. The minimum Gasteiger partial charge on any atom is -0.341 e. The molecule has 0 bridgehead atoms. The Bertz CT molecular complexity index is 187. The molecule has 0 aliphatic heterocycles. The number of carbonyl (C=O) groups excluding carboxylic acids is 1. The number of rotatable bonds is 4. The highest BCUT2D eigenvalue weighted by molar-refractivity contribution is 5.82. The Balaban J connectivity index is 2.38. The zero-order valence-corrected chi connectivity index (χ0v) is 7.49. The molecule has 2 N–H and O–H groups in total. The van der Waals surface area contributed by atoms with Gasteiger partial charge in [0.2, 0.25) is 5.91 Å². The number of likely N-dealkylation sites (N-methyl/N-ethyl adjacent to an activating group) is 1. The van der Waals surface area contributed by atoms with Gasteiger partial charge in [-0.1, -0.05) is 6.08 Å². The number of nitrogens with zero attached hydrogens (tertiary/aromatic N) is 1. The van der Waals surface area contributed by atoms with Crippen molar-refractivity contribution in [3.63, 3.8) is 0 Å². The van der Waals surface area contributed by atoms with E-state index >= 15 is 0 Å². The molecule has 0 spiro atoms. The fourth-order valence-electron chi connectivity index (χ4n) is 1.18. The smallest absolute Gasteiger partial charge is 0.239 e. The molecule has 1 atom stereocenters. The molecule has 0 heterocycles. The predicted molar refractivity (Wildman–Crippen MR) is 48.6 cm³/mol. The Morgan fingerprint density at radius 2 is 2.42 bits per heavy atom. The number of nitrogens with two attached hydrogens (primary N) is 1. The summed E-state index contributed by atoms with van der Waals surface area (Å²) in [7, 11) is 1.82. The normalized spacial score (nSPS) is 18.5. The van der Waals surface area contributed by atoms with Crippen LogP contribution in [0, 0.1) is 0 Å². The van der Waals surface area contributed by atoms with Crippen LogP contribution in [0.5, 0.6) is 0 Å². The van der Waals surface area contributed by atoms with E-state index in [9.17, 15) is 4.79 Å². The van der Waals surface area contributed by atoms with Gasteiger partial charge in [-0.2, -0.15) is 0 Å². The average molecular weight is 168 g/mol. The molecule has 3 heteroatoms. The Hall–Kier alpha value is -0.830. The summed E-state index contributed by atoms with van der Waals surface area (Å²) >= 11 is 0. The van der Waals surface area contributed by atoms with E-state index in [1.807, 2.05) is 7.05 Å². The molecule has 1 rings (SSSR count). The number of amides is 1. The minimum absolute atomic E-state index is 0.0393. The lowest BCUT2D eigenvalue weighted by Crippen LogP contribution is -2.42. The summed E-state index contributed by atoms with van der Waals surface area (Å²) in [5, 5.41) is 0. The van der Waals surface area contributed by atoms with E-state index in [0.29, 0.717) is 12.5 Å². The van der Waals surface area contributed by atoms with Gasteiger partial charge in [-0.25, -0.2) is 0 Å². The van der Waals surface area contributed by atoms with Gasteiger partial charge in [-0.05, 0) is 19.3 Å². The van der Waals surface area contributed by atoms with Gasteiger partial charge < -0.3 is 10.6 Å². The van der Waals surface area contributed by atoms with Crippen molar-refractivity contribution in [1.82, 2.24) is 4.90 Å². The SMILES string of the molecule is C=CCC(N)C(=O)N(C)C1CC1. The van der Waals surface area contributed by atoms with Crippen LogP contribution >= 0.6 is 0 Å². The first-order valence-corrected chi connectivity index (χ1v) is 4.30. The van der Waals surface area contributed by atoms with Gasteiger partial charge >= 0.3 is 0 Å². The fourth-order valence-corrected chi connectivity index (χ4v) is 1.18. The molecule has 12 heavy (non-hydrogen) atoms. The van der Waals surface area contributed by atoms with E-state index in [1.165, 1.54) is 0 Å².